The van der Waals surface area contributed by atoms with Gasteiger partial charge in [-0.05, 0) is 18.4 Å². The first-order chi connectivity index (χ1) is 9.47. The number of carbonyl (C=O) groups is 1. The van der Waals surface area contributed by atoms with E-state index >= 15 is 0 Å². The fourth-order valence-corrected chi connectivity index (χ4v) is 3.14. The van der Waals surface area contributed by atoms with Crippen molar-refractivity contribution in [2.75, 3.05) is 13.1 Å². The first-order valence-corrected chi connectivity index (χ1v) is 8.16. The number of carbonyl (C=O) groups excluding carboxylic acids is 1. The van der Waals surface area contributed by atoms with Gasteiger partial charge in [0.1, 0.15) is 0 Å². The third kappa shape index (κ3) is 3.94. The lowest BCUT2D eigenvalue weighted by molar-refractivity contribution is 0.186. The smallest absolute Gasteiger partial charge is 0.317 e. The molecule has 6 nitrogen and oxygen atoms in total. The summed E-state index contributed by atoms with van der Waals surface area (Å²) in [4.78, 5) is 13.6. The van der Waals surface area contributed by atoms with Crippen LogP contribution < -0.4 is 10.5 Å². The molecule has 1 heterocycles. The van der Waals surface area contributed by atoms with Gasteiger partial charge in [0.25, 0.3) is 0 Å². The number of primary sulfonamides is 1. The molecule has 20 heavy (non-hydrogen) atoms. The van der Waals surface area contributed by atoms with Crippen LogP contribution in [0.15, 0.2) is 30.3 Å². The Morgan fingerprint density at radius 3 is 2.40 bits per heavy atom. The van der Waals surface area contributed by atoms with E-state index < -0.39 is 15.3 Å². The van der Waals surface area contributed by atoms with Crippen molar-refractivity contribution in [3.63, 3.8) is 0 Å². The SMILES string of the molecule is NS(=O)(=O)C1CCN(C(=O)NCc2ccccc2)CC1. The van der Waals surface area contributed by atoms with Gasteiger partial charge in [-0.3, -0.25) is 0 Å². The van der Waals surface area contributed by atoms with E-state index in [0.29, 0.717) is 32.5 Å². The zero-order valence-electron chi connectivity index (χ0n) is 11.2. The van der Waals surface area contributed by atoms with Gasteiger partial charge in [0, 0.05) is 19.6 Å². The number of amides is 2. The first kappa shape index (κ1) is 14.8. The summed E-state index contributed by atoms with van der Waals surface area (Å²) in [6.07, 6.45) is 0.801. The molecule has 0 spiro atoms. The van der Waals surface area contributed by atoms with Gasteiger partial charge in [-0.2, -0.15) is 0 Å². The van der Waals surface area contributed by atoms with E-state index in [1.165, 1.54) is 0 Å². The minimum Gasteiger partial charge on any atom is -0.334 e. The van der Waals surface area contributed by atoms with E-state index in [0.717, 1.165) is 5.56 Å². The highest BCUT2D eigenvalue weighted by Gasteiger charge is 2.29. The van der Waals surface area contributed by atoms with Crippen LogP contribution in [0.25, 0.3) is 0 Å². The summed E-state index contributed by atoms with van der Waals surface area (Å²) in [5.41, 5.74) is 1.03. The van der Waals surface area contributed by atoms with Crippen LogP contribution in [-0.4, -0.2) is 37.7 Å². The Morgan fingerprint density at radius 2 is 1.85 bits per heavy atom. The summed E-state index contributed by atoms with van der Waals surface area (Å²) in [6.45, 7) is 1.30. The quantitative estimate of drug-likeness (QED) is 0.858. The first-order valence-electron chi connectivity index (χ1n) is 6.55. The molecule has 2 rings (SSSR count). The Bertz CT molecular complexity index is 551. The van der Waals surface area contributed by atoms with Gasteiger partial charge >= 0.3 is 6.03 Å². The number of nitrogens with one attached hydrogen (secondary N) is 1. The monoisotopic (exact) mass is 297 g/mol. The summed E-state index contributed by atoms with van der Waals surface area (Å²) in [6, 6.07) is 9.46. The molecule has 0 unspecified atom stereocenters. The fraction of sp³-hybridized carbons (Fsp3) is 0.462. The molecule has 1 saturated heterocycles. The summed E-state index contributed by atoms with van der Waals surface area (Å²) >= 11 is 0. The molecule has 0 bridgehead atoms. The van der Waals surface area contributed by atoms with Crippen molar-refractivity contribution in [1.82, 2.24) is 10.2 Å². The van der Waals surface area contributed by atoms with Gasteiger partial charge in [0.15, 0.2) is 0 Å². The van der Waals surface area contributed by atoms with Crippen LogP contribution in [0.5, 0.6) is 0 Å². The van der Waals surface area contributed by atoms with Crippen LogP contribution >= 0.6 is 0 Å². The van der Waals surface area contributed by atoms with Crippen LogP contribution in [0.4, 0.5) is 4.79 Å². The fourth-order valence-electron chi connectivity index (χ4n) is 2.27. The molecule has 1 aromatic carbocycles. The zero-order valence-corrected chi connectivity index (χ0v) is 12.0. The second-order valence-corrected chi connectivity index (χ2v) is 6.76. The predicted molar refractivity (Wildman–Crippen MR) is 76.4 cm³/mol. The minimum absolute atomic E-state index is 0.165. The van der Waals surface area contributed by atoms with E-state index in [1.54, 1.807) is 4.90 Å². The average Bonchev–Trinajstić information content (AvgIpc) is 2.45. The highest BCUT2D eigenvalue weighted by Crippen LogP contribution is 2.15. The molecule has 110 valence electrons. The van der Waals surface area contributed by atoms with E-state index in [2.05, 4.69) is 5.32 Å². The van der Waals surface area contributed by atoms with Crippen molar-refractivity contribution in [2.45, 2.75) is 24.6 Å². The lowest BCUT2D eigenvalue weighted by Gasteiger charge is -2.30. The number of sulfonamides is 1. The molecule has 1 fully saturated rings. The van der Waals surface area contributed by atoms with Gasteiger partial charge < -0.3 is 10.2 Å². The second kappa shape index (κ2) is 6.23. The van der Waals surface area contributed by atoms with Crippen LogP contribution in [0.3, 0.4) is 0 Å². The predicted octanol–water partition coefficient (Wildman–Crippen LogP) is 0.649. The highest BCUT2D eigenvalue weighted by atomic mass is 32.2. The van der Waals surface area contributed by atoms with Gasteiger partial charge in [-0.25, -0.2) is 18.4 Å². The molecular formula is C13H19N3O3S. The van der Waals surface area contributed by atoms with Crippen molar-refractivity contribution in [2.24, 2.45) is 5.14 Å². The van der Waals surface area contributed by atoms with Crippen molar-refractivity contribution >= 4 is 16.1 Å². The van der Waals surface area contributed by atoms with E-state index in [-0.39, 0.29) is 6.03 Å². The number of hydrogen-bond acceptors (Lipinski definition) is 3. The Morgan fingerprint density at radius 1 is 1.25 bits per heavy atom. The average molecular weight is 297 g/mol. The molecule has 1 aliphatic heterocycles. The number of piperidine rings is 1. The Labute approximate surface area is 119 Å². The standard InChI is InChI=1S/C13H19N3O3S/c14-20(18,19)12-6-8-16(9-7-12)13(17)15-10-11-4-2-1-3-5-11/h1-5,12H,6-10H2,(H,15,17)(H2,14,18,19). The van der Waals surface area contributed by atoms with Gasteiger partial charge in [-0.15, -0.1) is 0 Å². The second-order valence-electron chi connectivity index (χ2n) is 4.92. The van der Waals surface area contributed by atoms with Crippen molar-refractivity contribution in [3.05, 3.63) is 35.9 Å². The highest BCUT2D eigenvalue weighted by molar-refractivity contribution is 7.89. The number of benzene rings is 1. The van der Waals surface area contributed by atoms with Gasteiger partial charge in [-0.1, -0.05) is 30.3 Å². The molecule has 1 aromatic rings. The molecule has 0 aliphatic carbocycles. The number of hydrogen-bond donors (Lipinski definition) is 2. The maximum Gasteiger partial charge on any atom is 0.317 e. The summed E-state index contributed by atoms with van der Waals surface area (Å²) in [5, 5.41) is 7.42. The van der Waals surface area contributed by atoms with E-state index in [4.69, 9.17) is 5.14 Å². The van der Waals surface area contributed by atoms with E-state index in [9.17, 15) is 13.2 Å². The Kier molecular flexibility index (Phi) is 4.61. The van der Waals surface area contributed by atoms with Crippen molar-refractivity contribution < 1.29 is 13.2 Å². The third-order valence-electron chi connectivity index (χ3n) is 3.48. The van der Waals surface area contributed by atoms with Crippen LogP contribution in [0.1, 0.15) is 18.4 Å². The molecule has 1 aliphatic rings. The lowest BCUT2D eigenvalue weighted by Crippen LogP contribution is -2.47. The number of urea groups is 1. The van der Waals surface area contributed by atoms with Crippen LogP contribution in [0.2, 0.25) is 0 Å². The van der Waals surface area contributed by atoms with E-state index in [1.807, 2.05) is 30.3 Å². The Balaban J connectivity index is 1.80. The van der Waals surface area contributed by atoms with Gasteiger partial charge in [0.05, 0.1) is 5.25 Å². The van der Waals surface area contributed by atoms with Crippen molar-refractivity contribution in [3.8, 4) is 0 Å². The summed E-state index contributed by atoms with van der Waals surface area (Å²) in [5.74, 6) is 0. The molecule has 0 atom stereocenters. The molecular weight excluding hydrogens is 278 g/mol. The summed E-state index contributed by atoms with van der Waals surface area (Å²) < 4.78 is 22.5. The van der Waals surface area contributed by atoms with Crippen LogP contribution in [-0.2, 0) is 16.6 Å². The number of nitrogens with two attached hydrogens (primary N) is 1. The topological polar surface area (TPSA) is 92.5 Å². The third-order valence-corrected chi connectivity index (χ3v) is 4.88. The number of rotatable bonds is 3. The zero-order chi connectivity index (χ0) is 14.6. The Hall–Kier alpha value is -1.60. The number of nitrogens with zero attached hydrogens (tertiary/aromatic N) is 1. The molecule has 0 aromatic heterocycles. The minimum atomic E-state index is -3.49. The van der Waals surface area contributed by atoms with Gasteiger partial charge in [0.2, 0.25) is 10.0 Å². The maximum atomic E-state index is 12.0. The lowest BCUT2D eigenvalue weighted by atomic mass is 10.1. The molecule has 7 heteroatoms. The molecule has 0 radical (unpaired) electrons. The maximum absolute atomic E-state index is 12.0. The molecule has 0 saturated carbocycles. The molecule has 3 N–H and O–H groups in total. The normalized spacial score (nSPS) is 16.9. The molecule has 2 amide bonds. The summed E-state index contributed by atoms with van der Waals surface area (Å²) in [7, 11) is -3.49. The largest absolute Gasteiger partial charge is 0.334 e. The van der Waals surface area contributed by atoms with Crippen LogP contribution in [0, 0.1) is 0 Å². The number of likely N-dealkylation sites (tertiary alicyclic amines) is 1. The van der Waals surface area contributed by atoms with Crippen molar-refractivity contribution in [1.29, 1.82) is 0 Å².